The molecule has 0 aliphatic carbocycles. The van der Waals surface area contributed by atoms with E-state index in [-0.39, 0.29) is 0 Å². The molecule has 0 bridgehead atoms. The van der Waals surface area contributed by atoms with Crippen LogP contribution in [0.5, 0.6) is 5.75 Å². The van der Waals surface area contributed by atoms with Gasteiger partial charge >= 0.3 is 0 Å². The zero-order valence-corrected chi connectivity index (χ0v) is 10.1. The van der Waals surface area contributed by atoms with Crippen LogP contribution in [-0.2, 0) is 6.54 Å². The van der Waals surface area contributed by atoms with E-state index in [1.54, 1.807) is 7.11 Å². The van der Waals surface area contributed by atoms with Crippen LogP contribution < -0.4 is 4.74 Å². The lowest BCUT2D eigenvalue weighted by molar-refractivity contribution is 0.414. The third kappa shape index (κ3) is 1.93. The molecule has 4 nitrogen and oxygen atoms in total. The average Bonchev–Trinajstić information content (AvgIpc) is 2.83. The van der Waals surface area contributed by atoms with Crippen LogP contribution >= 0.6 is 0 Å². The Labute approximate surface area is 105 Å². The normalized spacial score (nSPS) is 10.7. The van der Waals surface area contributed by atoms with Gasteiger partial charge < -0.3 is 4.74 Å². The Morgan fingerprint density at radius 3 is 2.89 bits per heavy atom. The number of methoxy groups -OCH3 is 1. The predicted molar refractivity (Wildman–Crippen MR) is 69.6 cm³/mol. The molecule has 0 saturated heterocycles. The number of rotatable bonds is 3. The highest BCUT2D eigenvalue weighted by Crippen LogP contribution is 2.16. The molecule has 0 aliphatic heterocycles. The quantitative estimate of drug-likeness (QED) is 0.705. The van der Waals surface area contributed by atoms with Crippen molar-refractivity contribution in [2.45, 2.75) is 6.54 Å². The summed E-state index contributed by atoms with van der Waals surface area (Å²) in [6.45, 7) is 0.692. The zero-order valence-electron chi connectivity index (χ0n) is 10.1. The van der Waals surface area contributed by atoms with E-state index in [0.29, 0.717) is 6.54 Å². The van der Waals surface area contributed by atoms with E-state index in [4.69, 9.17) is 4.74 Å². The van der Waals surface area contributed by atoms with E-state index in [9.17, 15) is 0 Å². The van der Waals surface area contributed by atoms with Gasteiger partial charge in [-0.1, -0.05) is 29.5 Å². The summed E-state index contributed by atoms with van der Waals surface area (Å²) >= 11 is 0. The first kappa shape index (κ1) is 10.8. The lowest BCUT2D eigenvalue weighted by Gasteiger charge is -2.05. The van der Waals surface area contributed by atoms with Gasteiger partial charge in [-0.05, 0) is 29.8 Å². The van der Waals surface area contributed by atoms with Gasteiger partial charge in [0.05, 0.1) is 19.2 Å². The second-order valence-corrected chi connectivity index (χ2v) is 4.09. The molecule has 0 spiro atoms. The summed E-state index contributed by atoms with van der Waals surface area (Å²) in [6, 6.07) is 15.9. The van der Waals surface area contributed by atoms with Gasteiger partial charge in [-0.2, -0.15) is 0 Å². The smallest absolute Gasteiger partial charge is 0.119 e. The molecule has 90 valence electrons. The minimum atomic E-state index is 0.692. The van der Waals surface area contributed by atoms with Gasteiger partial charge in [0.25, 0.3) is 0 Å². The van der Waals surface area contributed by atoms with Crippen LogP contribution in [0.1, 0.15) is 5.56 Å². The van der Waals surface area contributed by atoms with Gasteiger partial charge in [-0.25, -0.2) is 4.68 Å². The van der Waals surface area contributed by atoms with Crippen molar-refractivity contribution in [1.82, 2.24) is 15.0 Å². The molecule has 1 heterocycles. The molecule has 0 unspecified atom stereocenters. The van der Waals surface area contributed by atoms with Crippen LogP contribution in [0.4, 0.5) is 0 Å². The van der Waals surface area contributed by atoms with Crippen molar-refractivity contribution in [1.29, 1.82) is 0 Å². The van der Waals surface area contributed by atoms with Crippen LogP contribution in [0.2, 0.25) is 0 Å². The number of benzene rings is 2. The van der Waals surface area contributed by atoms with Crippen LogP contribution in [0.15, 0.2) is 48.5 Å². The standard InChI is InChI=1S/C14H13N3O/c1-18-12-6-4-5-11(9-12)10-17-14-8-3-2-7-13(14)15-16-17/h2-9H,10H2,1H3. The Bertz CT molecular complexity index is 675. The van der Waals surface area contributed by atoms with E-state index in [1.165, 1.54) is 0 Å². The molecule has 2 aromatic carbocycles. The topological polar surface area (TPSA) is 39.9 Å². The maximum absolute atomic E-state index is 5.22. The molecular formula is C14H13N3O. The van der Waals surface area contributed by atoms with Crippen molar-refractivity contribution < 1.29 is 4.74 Å². The van der Waals surface area contributed by atoms with Gasteiger partial charge in [0, 0.05) is 0 Å². The number of ether oxygens (including phenoxy) is 1. The lowest BCUT2D eigenvalue weighted by Crippen LogP contribution is -2.01. The van der Waals surface area contributed by atoms with Crippen molar-refractivity contribution in [2.24, 2.45) is 0 Å². The molecule has 0 atom stereocenters. The fraction of sp³-hybridized carbons (Fsp3) is 0.143. The predicted octanol–water partition coefficient (Wildman–Crippen LogP) is 2.49. The van der Waals surface area contributed by atoms with Gasteiger partial charge in [-0.15, -0.1) is 5.10 Å². The number of hydrogen-bond acceptors (Lipinski definition) is 3. The molecule has 0 radical (unpaired) electrons. The zero-order chi connectivity index (χ0) is 12.4. The van der Waals surface area contributed by atoms with Crippen molar-refractivity contribution in [3.63, 3.8) is 0 Å². The highest BCUT2D eigenvalue weighted by molar-refractivity contribution is 5.73. The number of para-hydroxylation sites is 1. The summed E-state index contributed by atoms with van der Waals surface area (Å²) in [5.74, 6) is 0.858. The molecule has 18 heavy (non-hydrogen) atoms. The van der Waals surface area contributed by atoms with Gasteiger partial charge in [-0.3, -0.25) is 0 Å². The summed E-state index contributed by atoms with van der Waals surface area (Å²) < 4.78 is 7.11. The van der Waals surface area contributed by atoms with Crippen LogP contribution in [0.3, 0.4) is 0 Å². The Morgan fingerprint density at radius 1 is 1.11 bits per heavy atom. The van der Waals surface area contributed by atoms with E-state index < -0.39 is 0 Å². The average molecular weight is 239 g/mol. The molecule has 0 amide bonds. The first-order valence-electron chi connectivity index (χ1n) is 5.78. The molecule has 3 rings (SSSR count). The van der Waals surface area contributed by atoms with Crippen LogP contribution in [0.25, 0.3) is 11.0 Å². The first-order valence-corrected chi connectivity index (χ1v) is 5.78. The second-order valence-electron chi connectivity index (χ2n) is 4.09. The summed E-state index contributed by atoms with van der Waals surface area (Å²) in [5, 5.41) is 8.31. The molecule has 1 aromatic heterocycles. The maximum atomic E-state index is 5.22. The van der Waals surface area contributed by atoms with E-state index in [1.807, 2.05) is 47.1 Å². The fourth-order valence-electron chi connectivity index (χ4n) is 1.98. The molecule has 0 fully saturated rings. The Kier molecular flexibility index (Phi) is 2.68. The Hall–Kier alpha value is -2.36. The lowest BCUT2D eigenvalue weighted by atomic mass is 10.2. The fourth-order valence-corrected chi connectivity index (χ4v) is 1.98. The Balaban J connectivity index is 1.96. The minimum Gasteiger partial charge on any atom is -0.497 e. The summed E-state index contributed by atoms with van der Waals surface area (Å²) in [7, 11) is 1.67. The molecule has 4 heteroatoms. The van der Waals surface area contributed by atoms with Crippen LogP contribution in [0, 0.1) is 0 Å². The molecule has 0 saturated carbocycles. The molecule has 3 aromatic rings. The summed E-state index contributed by atoms with van der Waals surface area (Å²) in [4.78, 5) is 0. The highest BCUT2D eigenvalue weighted by atomic mass is 16.5. The largest absolute Gasteiger partial charge is 0.497 e. The second kappa shape index (κ2) is 4.49. The SMILES string of the molecule is COc1cccc(Cn2nnc3ccccc32)c1. The van der Waals surface area contributed by atoms with E-state index >= 15 is 0 Å². The molecule has 0 N–H and O–H groups in total. The monoisotopic (exact) mass is 239 g/mol. The third-order valence-electron chi connectivity index (χ3n) is 2.89. The number of fused-ring (bicyclic) bond motifs is 1. The summed E-state index contributed by atoms with van der Waals surface area (Å²) in [6.07, 6.45) is 0. The minimum absolute atomic E-state index is 0.692. The van der Waals surface area contributed by atoms with E-state index in [0.717, 1.165) is 22.3 Å². The number of hydrogen-bond donors (Lipinski definition) is 0. The third-order valence-corrected chi connectivity index (χ3v) is 2.89. The van der Waals surface area contributed by atoms with Crippen LogP contribution in [-0.4, -0.2) is 22.1 Å². The molecule has 0 aliphatic rings. The van der Waals surface area contributed by atoms with Crippen molar-refractivity contribution >= 4 is 11.0 Å². The van der Waals surface area contributed by atoms with Crippen molar-refractivity contribution in [3.05, 3.63) is 54.1 Å². The van der Waals surface area contributed by atoms with Crippen molar-refractivity contribution in [2.75, 3.05) is 7.11 Å². The van der Waals surface area contributed by atoms with Gasteiger partial charge in [0.1, 0.15) is 11.3 Å². The maximum Gasteiger partial charge on any atom is 0.119 e. The van der Waals surface area contributed by atoms with Gasteiger partial charge in [0.2, 0.25) is 0 Å². The number of nitrogens with zero attached hydrogens (tertiary/aromatic N) is 3. The highest BCUT2D eigenvalue weighted by Gasteiger charge is 2.04. The molecular weight excluding hydrogens is 226 g/mol. The van der Waals surface area contributed by atoms with E-state index in [2.05, 4.69) is 16.4 Å². The van der Waals surface area contributed by atoms with Crippen molar-refractivity contribution in [3.8, 4) is 5.75 Å². The van der Waals surface area contributed by atoms with Gasteiger partial charge in [0.15, 0.2) is 0 Å². The number of aromatic nitrogens is 3. The first-order chi connectivity index (χ1) is 8.86. The summed E-state index contributed by atoms with van der Waals surface area (Å²) in [5.41, 5.74) is 3.10. The Morgan fingerprint density at radius 2 is 2.00 bits per heavy atom.